The van der Waals surface area contributed by atoms with Gasteiger partial charge in [0.15, 0.2) is 5.82 Å². The highest BCUT2D eigenvalue weighted by Gasteiger charge is 2.17. The third-order valence-electron chi connectivity index (χ3n) is 4.05. The smallest absolute Gasteiger partial charge is 0.151 e. The van der Waals surface area contributed by atoms with Crippen LogP contribution in [0.2, 0.25) is 0 Å². The van der Waals surface area contributed by atoms with Gasteiger partial charge in [0.1, 0.15) is 0 Å². The van der Waals surface area contributed by atoms with Crippen LogP contribution in [0.5, 0.6) is 0 Å². The van der Waals surface area contributed by atoms with Crippen molar-refractivity contribution in [2.45, 2.75) is 27.3 Å². The van der Waals surface area contributed by atoms with Crippen LogP contribution in [0, 0.1) is 19.8 Å². The van der Waals surface area contributed by atoms with Gasteiger partial charge in [0, 0.05) is 12.5 Å². The zero-order chi connectivity index (χ0) is 15.9. The molecule has 22 heavy (non-hydrogen) atoms. The van der Waals surface area contributed by atoms with Crippen molar-refractivity contribution in [3.63, 3.8) is 0 Å². The zero-order valence-corrected chi connectivity index (χ0v) is 14.6. The summed E-state index contributed by atoms with van der Waals surface area (Å²) >= 11 is 6.85. The molecular weight excluding hydrogens is 310 g/mol. The number of nitrogens with zero attached hydrogens (tertiary/aromatic N) is 2. The summed E-state index contributed by atoms with van der Waals surface area (Å²) in [6.07, 6.45) is 0. The maximum absolute atomic E-state index is 5.82. The Balaban J connectivity index is 2.22. The van der Waals surface area contributed by atoms with Crippen LogP contribution in [-0.4, -0.2) is 14.5 Å². The standard InChI is InChI=1S/C17H19N3S2/c1-10-7-13-14(8-11(10)2)20(9-12(3)16(18)21)17(19-13)15-5-4-6-22-15/h4-8,12H,9H2,1-3H3,(H2,18,21). The molecule has 0 aliphatic heterocycles. The van der Waals surface area contributed by atoms with Gasteiger partial charge in [-0.15, -0.1) is 11.3 Å². The largest absolute Gasteiger partial charge is 0.393 e. The Morgan fingerprint density at radius 2 is 2.09 bits per heavy atom. The highest BCUT2D eigenvalue weighted by molar-refractivity contribution is 7.80. The molecule has 0 amide bonds. The minimum atomic E-state index is 0.132. The number of aryl methyl sites for hydroxylation is 2. The van der Waals surface area contributed by atoms with Gasteiger partial charge in [0.05, 0.1) is 20.9 Å². The molecule has 0 saturated heterocycles. The fraction of sp³-hybridized carbons (Fsp3) is 0.294. The van der Waals surface area contributed by atoms with E-state index in [1.165, 1.54) is 16.0 Å². The Hall–Kier alpha value is -1.72. The molecule has 0 aliphatic carbocycles. The van der Waals surface area contributed by atoms with Crippen molar-refractivity contribution in [2.24, 2.45) is 11.7 Å². The van der Waals surface area contributed by atoms with Gasteiger partial charge in [-0.1, -0.05) is 25.2 Å². The zero-order valence-electron chi connectivity index (χ0n) is 13.0. The van der Waals surface area contributed by atoms with Crippen LogP contribution in [-0.2, 0) is 6.54 Å². The molecule has 0 spiro atoms. The molecule has 0 saturated carbocycles. The van der Waals surface area contributed by atoms with E-state index in [1.54, 1.807) is 11.3 Å². The molecule has 2 heterocycles. The summed E-state index contributed by atoms with van der Waals surface area (Å²) in [5.41, 5.74) is 10.5. The number of fused-ring (bicyclic) bond motifs is 1. The second-order valence-corrected chi connectivity index (χ2v) is 7.17. The highest BCUT2D eigenvalue weighted by atomic mass is 32.1. The minimum absolute atomic E-state index is 0.132. The molecule has 0 radical (unpaired) electrons. The summed E-state index contributed by atoms with van der Waals surface area (Å²) in [5, 5.41) is 2.08. The first-order chi connectivity index (χ1) is 10.5. The quantitative estimate of drug-likeness (QED) is 0.726. The van der Waals surface area contributed by atoms with Crippen LogP contribution in [0.25, 0.3) is 21.7 Å². The molecule has 1 unspecified atom stereocenters. The lowest BCUT2D eigenvalue weighted by Crippen LogP contribution is -2.23. The van der Waals surface area contributed by atoms with E-state index in [2.05, 4.69) is 55.0 Å². The predicted molar refractivity (Wildman–Crippen MR) is 98.5 cm³/mol. The lowest BCUT2D eigenvalue weighted by atomic mass is 10.1. The van der Waals surface area contributed by atoms with Gasteiger partial charge in [0.2, 0.25) is 0 Å². The molecule has 0 aliphatic rings. The second-order valence-electron chi connectivity index (χ2n) is 5.75. The summed E-state index contributed by atoms with van der Waals surface area (Å²) in [7, 11) is 0. The number of nitrogens with two attached hydrogens (primary N) is 1. The average Bonchev–Trinajstić information content (AvgIpc) is 3.08. The molecule has 0 bridgehead atoms. The van der Waals surface area contributed by atoms with Crippen molar-refractivity contribution in [3.05, 3.63) is 40.8 Å². The first-order valence-electron chi connectivity index (χ1n) is 7.28. The number of rotatable bonds is 4. The SMILES string of the molecule is Cc1cc2nc(-c3cccs3)n(CC(C)C(N)=S)c2cc1C. The minimum Gasteiger partial charge on any atom is -0.393 e. The van der Waals surface area contributed by atoms with E-state index < -0.39 is 0 Å². The summed E-state index contributed by atoms with van der Waals surface area (Å²) < 4.78 is 2.25. The van der Waals surface area contributed by atoms with Crippen LogP contribution in [0.3, 0.4) is 0 Å². The van der Waals surface area contributed by atoms with Crippen LogP contribution in [0.1, 0.15) is 18.1 Å². The van der Waals surface area contributed by atoms with Crippen molar-refractivity contribution >= 4 is 39.6 Å². The van der Waals surface area contributed by atoms with E-state index >= 15 is 0 Å². The normalized spacial score (nSPS) is 12.7. The Labute approximate surface area is 139 Å². The number of hydrogen-bond acceptors (Lipinski definition) is 3. The van der Waals surface area contributed by atoms with Crippen molar-refractivity contribution in [1.82, 2.24) is 9.55 Å². The molecule has 114 valence electrons. The molecule has 0 fully saturated rings. The van der Waals surface area contributed by atoms with Crippen LogP contribution in [0.15, 0.2) is 29.6 Å². The maximum atomic E-state index is 5.82. The van der Waals surface area contributed by atoms with E-state index in [4.69, 9.17) is 22.9 Å². The summed E-state index contributed by atoms with van der Waals surface area (Å²) in [5.74, 6) is 1.13. The molecule has 1 aromatic carbocycles. The molecule has 1 atom stereocenters. The molecule has 3 aromatic rings. The fourth-order valence-corrected chi connectivity index (χ4v) is 3.32. The van der Waals surface area contributed by atoms with Gasteiger partial charge >= 0.3 is 0 Å². The van der Waals surface area contributed by atoms with Crippen LogP contribution >= 0.6 is 23.6 Å². The van der Waals surface area contributed by atoms with E-state index in [0.717, 1.165) is 23.4 Å². The summed E-state index contributed by atoms with van der Waals surface area (Å²) in [6, 6.07) is 8.52. The molecule has 5 heteroatoms. The van der Waals surface area contributed by atoms with Crippen molar-refractivity contribution in [2.75, 3.05) is 0 Å². The predicted octanol–water partition coefficient (Wildman–Crippen LogP) is 4.30. The monoisotopic (exact) mass is 329 g/mol. The van der Waals surface area contributed by atoms with E-state index in [-0.39, 0.29) is 5.92 Å². The average molecular weight is 329 g/mol. The maximum Gasteiger partial charge on any atom is 0.151 e. The van der Waals surface area contributed by atoms with Crippen molar-refractivity contribution in [1.29, 1.82) is 0 Å². The number of benzene rings is 1. The van der Waals surface area contributed by atoms with Crippen LogP contribution < -0.4 is 5.73 Å². The van der Waals surface area contributed by atoms with Crippen LogP contribution in [0.4, 0.5) is 0 Å². The number of thiocarbonyl (C=S) groups is 1. The van der Waals surface area contributed by atoms with Gasteiger partial charge < -0.3 is 10.3 Å². The van der Waals surface area contributed by atoms with Gasteiger partial charge in [-0.05, 0) is 48.6 Å². The van der Waals surface area contributed by atoms with Gasteiger partial charge in [0.25, 0.3) is 0 Å². The lowest BCUT2D eigenvalue weighted by molar-refractivity contribution is 0.618. The van der Waals surface area contributed by atoms with Gasteiger partial charge in [-0.3, -0.25) is 0 Å². The van der Waals surface area contributed by atoms with Gasteiger partial charge in [-0.25, -0.2) is 4.98 Å². The summed E-state index contributed by atoms with van der Waals surface area (Å²) in [4.78, 5) is 6.57. The third kappa shape index (κ3) is 2.66. The molecular formula is C17H19N3S2. The Bertz CT molecular complexity index is 831. The molecule has 3 rings (SSSR count). The van der Waals surface area contributed by atoms with Crippen molar-refractivity contribution in [3.8, 4) is 10.7 Å². The topological polar surface area (TPSA) is 43.8 Å². The van der Waals surface area contributed by atoms with Gasteiger partial charge in [-0.2, -0.15) is 0 Å². The van der Waals surface area contributed by atoms with E-state index in [9.17, 15) is 0 Å². The first kappa shape index (κ1) is 15.2. The molecule has 2 aromatic heterocycles. The fourth-order valence-electron chi connectivity index (χ4n) is 2.52. The molecule has 2 N–H and O–H groups in total. The lowest BCUT2D eigenvalue weighted by Gasteiger charge is -2.14. The number of aromatic nitrogens is 2. The summed E-state index contributed by atoms with van der Waals surface area (Å²) in [6.45, 7) is 7.07. The number of hydrogen-bond donors (Lipinski definition) is 1. The Morgan fingerprint density at radius 1 is 1.36 bits per heavy atom. The third-order valence-corrected chi connectivity index (χ3v) is 5.32. The number of thiophene rings is 1. The second kappa shape index (κ2) is 5.82. The Morgan fingerprint density at radius 3 is 2.73 bits per heavy atom. The molecule has 3 nitrogen and oxygen atoms in total. The van der Waals surface area contributed by atoms with E-state index in [1.807, 2.05) is 0 Å². The van der Waals surface area contributed by atoms with E-state index in [0.29, 0.717) is 4.99 Å². The highest BCUT2D eigenvalue weighted by Crippen LogP contribution is 2.30. The first-order valence-corrected chi connectivity index (χ1v) is 8.57. The number of imidazole rings is 1. The Kier molecular flexibility index (Phi) is 4.02. The van der Waals surface area contributed by atoms with Crippen molar-refractivity contribution < 1.29 is 0 Å².